The average molecular weight is 376 g/mol. The number of nitrogens with zero attached hydrogens (tertiary/aromatic N) is 2. The number of fused-ring (bicyclic) bond motifs is 1. The monoisotopic (exact) mass is 376 g/mol. The molecule has 0 radical (unpaired) electrons. The van der Waals surface area contributed by atoms with Gasteiger partial charge in [-0.15, -0.1) is 0 Å². The molecule has 0 aliphatic rings. The Labute approximate surface area is 158 Å². The van der Waals surface area contributed by atoms with Crippen molar-refractivity contribution in [2.45, 2.75) is 66.2 Å². The normalized spacial score (nSPS) is 12.3. The Bertz CT molecular complexity index is 942. The molecule has 0 bridgehead atoms. The van der Waals surface area contributed by atoms with Crippen LogP contribution < -0.4 is 11.1 Å². The van der Waals surface area contributed by atoms with Crippen molar-refractivity contribution in [2.24, 2.45) is 0 Å². The van der Waals surface area contributed by atoms with Gasteiger partial charge in [0.05, 0.1) is 30.3 Å². The quantitative estimate of drug-likeness (QED) is 0.561. The molecule has 7 nitrogen and oxygen atoms in total. The third-order valence-electron chi connectivity index (χ3n) is 4.72. The SMILES string of the molecule is CCCCC(O)Cn1c(=O)c(=O)n(CC(=O)OCC)c2cc(C)c(C)cc21. The molecule has 0 amide bonds. The van der Waals surface area contributed by atoms with E-state index in [0.717, 1.165) is 28.5 Å². The number of aryl methyl sites for hydroxylation is 2. The molecule has 2 aromatic rings. The van der Waals surface area contributed by atoms with Gasteiger partial charge in [-0.2, -0.15) is 0 Å². The zero-order valence-corrected chi connectivity index (χ0v) is 16.4. The summed E-state index contributed by atoms with van der Waals surface area (Å²) in [5.41, 5.74) is 1.38. The molecule has 0 saturated carbocycles. The van der Waals surface area contributed by atoms with Gasteiger partial charge in [-0.3, -0.25) is 23.5 Å². The molecule has 27 heavy (non-hydrogen) atoms. The molecule has 1 aromatic carbocycles. The lowest BCUT2D eigenvalue weighted by Crippen LogP contribution is -2.44. The molecule has 1 N–H and O–H groups in total. The summed E-state index contributed by atoms with van der Waals surface area (Å²) >= 11 is 0. The highest BCUT2D eigenvalue weighted by atomic mass is 16.5. The molecular weight excluding hydrogens is 348 g/mol. The molecule has 1 unspecified atom stereocenters. The van der Waals surface area contributed by atoms with Crippen LogP contribution in [0.2, 0.25) is 0 Å². The molecule has 2 rings (SSSR count). The maximum Gasteiger partial charge on any atom is 0.326 e. The van der Waals surface area contributed by atoms with Crippen molar-refractivity contribution in [3.05, 3.63) is 44.0 Å². The van der Waals surface area contributed by atoms with Gasteiger partial charge >= 0.3 is 17.1 Å². The lowest BCUT2D eigenvalue weighted by Gasteiger charge is -2.18. The van der Waals surface area contributed by atoms with Gasteiger partial charge in [-0.1, -0.05) is 19.8 Å². The van der Waals surface area contributed by atoms with E-state index in [1.54, 1.807) is 13.0 Å². The summed E-state index contributed by atoms with van der Waals surface area (Å²) in [5, 5.41) is 10.3. The molecule has 0 saturated heterocycles. The first-order valence-corrected chi connectivity index (χ1v) is 9.38. The van der Waals surface area contributed by atoms with E-state index in [4.69, 9.17) is 4.74 Å². The van der Waals surface area contributed by atoms with Crippen molar-refractivity contribution in [1.29, 1.82) is 0 Å². The molecule has 1 atom stereocenters. The number of ether oxygens (including phenoxy) is 1. The maximum absolute atomic E-state index is 12.7. The number of esters is 1. The van der Waals surface area contributed by atoms with Gasteiger partial charge in [0, 0.05) is 0 Å². The Kier molecular flexibility index (Phi) is 6.96. The topological polar surface area (TPSA) is 90.5 Å². The number of unbranched alkanes of at least 4 members (excludes halogenated alkanes) is 1. The van der Waals surface area contributed by atoms with E-state index in [2.05, 4.69) is 0 Å². The zero-order valence-electron chi connectivity index (χ0n) is 16.4. The number of carbonyl (C=O) groups excluding carboxylic acids is 1. The molecule has 1 aromatic heterocycles. The Morgan fingerprint density at radius 2 is 1.63 bits per heavy atom. The highest BCUT2D eigenvalue weighted by molar-refractivity contribution is 5.79. The summed E-state index contributed by atoms with van der Waals surface area (Å²) in [4.78, 5) is 37.3. The average Bonchev–Trinajstić information content (AvgIpc) is 2.62. The van der Waals surface area contributed by atoms with Gasteiger partial charge in [0.15, 0.2) is 0 Å². The number of hydrogen-bond donors (Lipinski definition) is 1. The van der Waals surface area contributed by atoms with E-state index >= 15 is 0 Å². The van der Waals surface area contributed by atoms with Crippen molar-refractivity contribution < 1.29 is 14.6 Å². The Morgan fingerprint density at radius 3 is 2.19 bits per heavy atom. The smallest absolute Gasteiger partial charge is 0.326 e. The molecular formula is C20H28N2O5. The fourth-order valence-electron chi connectivity index (χ4n) is 3.08. The number of aromatic nitrogens is 2. The largest absolute Gasteiger partial charge is 0.465 e. The van der Waals surface area contributed by atoms with Crippen molar-refractivity contribution in [3.63, 3.8) is 0 Å². The number of aliphatic hydroxyl groups excluding tert-OH is 1. The number of hydrogen-bond acceptors (Lipinski definition) is 5. The second-order valence-electron chi connectivity index (χ2n) is 6.83. The van der Waals surface area contributed by atoms with E-state index < -0.39 is 23.2 Å². The Balaban J connectivity index is 2.66. The van der Waals surface area contributed by atoms with Crippen molar-refractivity contribution >= 4 is 17.0 Å². The molecule has 148 valence electrons. The molecule has 0 aliphatic carbocycles. The molecule has 0 fully saturated rings. The van der Waals surface area contributed by atoms with Crippen LogP contribution in [0.5, 0.6) is 0 Å². The number of benzene rings is 1. The molecule has 0 spiro atoms. The number of aliphatic hydroxyl groups is 1. The summed E-state index contributed by atoms with van der Waals surface area (Å²) in [6.45, 7) is 7.45. The summed E-state index contributed by atoms with van der Waals surface area (Å²) in [7, 11) is 0. The van der Waals surface area contributed by atoms with Gasteiger partial charge in [-0.25, -0.2) is 0 Å². The first-order chi connectivity index (χ1) is 12.8. The summed E-state index contributed by atoms with van der Waals surface area (Å²) in [6.07, 6.45) is 1.62. The van der Waals surface area contributed by atoms with E-state index in [1.165, 1.54) is 4.57 Å². The van der Waals surface area contributed by atoms with Gasteiger partial charge in [-0.05, 0) is 50.5 Å². The van der Waals surface area contributed by atoms with E-state index in [-0.39, 0.29) is 19.7 Å². The van der Waals surface area contributed by atoms with Crippen LogP contribution in [0.25, 0.3) is 11.0 Å². The molecule has 1 heterocycles. The summed E-state index contributed by atoms with van der Waals surface area (Å²) in [6, 6.07) is 3.61. The fourth-order valence-corrected chi connectivity index (χ4v) is 3.08. The van der Waals surface area contributed by atoms with Gasteiger partial charge < -0.3 is 9.84 Å². The molecule has 0 aliphatic heterocycles. The second-order valence-corrected chi connectivity index (χ2v) is 6.83. The predicted molar refractivity (Wildman–Crippen MR) is 104 cm³/mol. The fraction of sp³-hybridized carbons (Fsp3) is 0.550. The van der Waals surface area contributed by atoms with Gasteiger partial charge in [0.1, 0.15) is 6.54 Å². The summed E-state index contributed by atoms with van der Waals surface area (Å²) < 4.78 is 7.42. The van der Waals surface area contributed by atoms with E-state index in [1.807, 2.05) is 26.8 Å². The molecule has 7 heteroatoms. The first kappa shape index (κ1) is 20.9. The Hall–Kier alpha value is -2.41. The van der Waals surface area contributed by atoms with Crippen LogP contribution in [0.1, 0.15) is 44.2 Å². The third kappa shape index (κ3) is 4.66. The minimum atomic E-state index is -0.790. The first-order valence-electron chi connectivity index (χ1n) is 9.38. The minimum absolute atomic E-state index is 0.0489. The Morgan fingerprint density at radius 1 is 1.07 bits per heavy atom. The van der Waals surface area contributed by atoms with Crippen molar-refractivity contribution in [2.75, 3.05) is 6.61 Å². The lowest BCUT2D eigenvalue weighted by molar-refractivity contribution is -0.143. The zero-order chi connectivity index (χ0) is 20.1. The van der Waals surface area contributed by atoms with Crippen molar-refractivity contribution in [3.8, 4) is 0 Å². The second kappa shape index (κ2) is 8.99. The third-order valence-corrected chi connectivity index (χ3v) is 4.72. The van der Waals surface area contributed by atoms with Crippen LogP contribution in [0.15, 0.2) is 21.7 Å². The van der Waals surface area contributed by atoms with Crippen LogP contribution in [0.3, 0.4) is 0 Å². The van der Waals surface area contributed by atoms with Crippen LogP contribution in [0, 0.1) is 13.8 Å². The minimum Gasteiger partial charge on any atom is -0.465 e. The van der Waals surface area contributed by atoms with Crippen LogP contribution in [0.4, 0.5) is 0 Å². The van der Waals surface area contributed by atoms with Gasteiger partial charge in [0.2, 0.25) is 0 Å². The maximum atomic E-state index is 12.7. The number of rotatable bonds is 8. The van der Waals surface area contributed by atoms with Crippen molar-refractivity contribution in [1.82, 2.24) is 9.13 Å². The summed E-state index contributed by atoms with van der Waals surface area (Å²) in [5.74, 6) is -0.570. The standard InChI is InChI=1S/C20H28N2O5/c1-5-7-8-15(23)11-21-16-9-13(3)14(4)10-17(16)22(20(26)19(21)25)12-18(24)27-6-2/h9-10,15,23H,5-8,11-12H2,1-4H3. The highest BCUT2D eigenvalue weighted by Crippen LogP contribution is 2.18. The predicted octanol–water partition coefficient (Wildman–Crippen LogP) is 1.89. The van der Waals surface area contributed by atoms with Gasteiger partial charge in [0.25, 0.3) is 0 Å². The van der Waals surface area contributed by atoms with Crippen LogP contribution >= 0.6 is 0 Å². The van der Waals surface area contributed by atoms with E-state index in [0.29, 0.717) is 17.5 Å². The van der Waals surface area contributed by atoms with Crippen LogP contribution in [-0.2, 0) is 22.6 Å². The van der Waals surface area contributed by atoms with Crippen LogP contribution in [-0.4, -0.2) is 32.9 Å². The van der Waals surface area contributed by atoms with E-state index in [9.17, 15) is 19.5 Å². The highest BCUT2D eigenvalue weighted by Gasteiger charge is 2.18. The lowest BCUT2D eigenvalue weighted by atomic mass is 10.1. The number of carbonyl (C=O) groups is 1.